The highest BCUT2D eigenvalue weighted by Crippen LogP contribution is 2.24. The molecule has 2 rings (SSSR count). The van der Waals surface area contributed by atoms with Gasteiger partial charge in [0.25, 0.3) is 0 Å². The van der Waals surface area contributed by atoms with Crippen LogP contribution in [0.3, 0.4) is 0 Å². The molecule has 0 amide bonds. The molecule has 0 spiro atoms. The second-order valence-corrected chi connectivity index (χ2v) is 6.43. The first-order valence-corrected chi connectivity index (χ1v) is 8.20. The van der Waals surface area contributed by atoms with Gasteiger partial charge in [0.15, 0.2) is 0 Å². The summed E-state index contributed by atoms with van der Waals surface area (Å²) in [5.74, 6) is 0. The van der Waals surface area contributed by atoms with Gasteiger partial charge in [-0.25, -0.2) is 0 Å². The van der Waals surface area contributed by atoms with E-state index in [0.717, 1.165) is 6.04 Å². The van der Waals surface area contributed by atoms with Crippen LogP contribution in [0.2, 0.25) is 0 Å². The molecule has 1 saturated heterocycles. The molecule has 1 aromatic rings. The molecule has 1 fully saturated rings. The molecule has 1 aliphatic heterocycles. The van der Waals surface area contributed by atoms with Crippen molar-refractivity contribution in [3.63, 3.8) is 0 Å². The lowest BCUT2D eigenvalue weighted by molar-refractivity contribution is 0.384. The fraction of sp³-hybridized carbons (Fsp3) is 0.733. The minimum absolute atomic E-state index is 0.548. The van der Waals surface area contributed by atoms with Gasteiger partial charge in [-0.15, -0.1) is 11.3 Å². The maximum Gasteiger partial charge on any atom is 0.0416 e. The molecule has 2 nitrogen and oxygen atoms in total. The summed E-state index contributed by atoms with van der Waals surface area (Å²) in [6.45, 7) is 5.81. The molecular formula is C15H26N2S. The Morgan fingerprint density at radius 2 is 2.44 bits per heavy atom. The molecule has 0 aliphatic carbocycles. The first kappa shape index (κ1) is 14.0. The molecule has 0 saturated carbocycles. The van der Waals surface area contributed by atoms with Gasteiger partial charge in [0.1, 0.15) is 0 Å². The Bertz CT molecular complexity index is 317. The summed E-state index contributed by atoms with van der Waals surface area (Å²) in [4.78, 5) is 1.49. The zero-order chi connectivity index (χ0) is 12.8. The van der Waals surface area contributed by atoms with E-state index in [4.69, 9.17) is 0 Å². The van der Waals surface area contributed by atoms with Crippen molar-refractivity contribution in [1.82, 2.24) is 10.6 Å². The monoisotopic (exact) mass is 266 g/mol. The number of nitrogens with one attached hydrogen (secondary N) is 2. The van der Waals surface area contributed by atoms with Crippen molar-refractivity contribution in [2.45, 2.75) is 64.1 Å². The second-order valence-electron chi connectivity index (χ2n) is 5.45. The largest absolute Gasteiger partial charge is 0.314 e. The third-order valence-electron chi connectivity index (χ3n) is 3.75. The van der Waals surface area contributed by atoms with Crippen molar-refractivity contribution in [3.05, 3.63) is 22.4 Å². The molecule has 3 unspecified atom stereocenters. The van der Waals surface area contributed by atoms with E-state index in [9.17, 15) is 0 Å². The standard InChI is InChI=1S/C15H26N2S/c1-3-6-14(15-8-5-10-18-15)17-12(2)11-13-7-4-9-16-13/h5,8,10,12-14,16-17H,3-4,6-7,9,11H2,1-2H3. The third-order valence-corrected chi connectivity index (χ3v) is 4.74. The van der Waals surface area contributed by atoms with Gasteiger partial charge in [-0.05, 0) is 50.6 Å². The Kier molecular flexibility index (Phi) is 5.67. The van der Waals surface area contributed by atoms with E-state index < -0.39 is 0 Å². The van der Waals surface area contributed by atoms with Crippen molar-refractivity contribution in [2.75, 3.05) is 6.54 Å². The predicted octanol–water partition coefficient (Wildman–Crippen LogP) is 3.71. The van der Waals surface area contributed by atoms with E-state index >= 15 is 0 Å². The van der Waals surface area contributed by atoms with Crippen molar-refractivity contribution < 1.29 is 0 Å². The van der Waals surface area contributed by atoms with E-state index in [0.29, 0.717) is 12.1 Å². The highest BCUT2D eigenvalue weighted by Gasteiger charge is 2.19. The molecule has 0 radical (unpaired) electrons. The molecule has 3 atom stereocenters. The van der Waals surface area contributed by atoms with Crippen LogP contribution in [0.25, 0.3) is 0 Å². The van der Waals surface area contributed by atoms with Crippen LogP contribution in [0.5, 0.6) is 0 Å². The number of thiophene rings is 1. The highest BCUT2D eigenvalue weighted by atomic mass is 32.1. The fourth-order valence-corrected chi connectivity index (χ4v) is 3.70. The zero-order valence-corrected chi connectivity index (χ0v) is 12.4. The topological polar surface area (TPSA) is 24.1 Å². The first-order chi connectivity index (χ1) is 8.79. The molecule has 102 valence electrons. The summed E-state index contributed by atoms with van der Waals surface area (Å²) in [7, 11) is 0. The van der Waals surface area contributed by atoms with Crippen molar-refractivity contribution in [3.8, 4) is 0 Å². The maximum absolute atomic E-state index is 3.82. The molecule has 2 N–H and O–H groups in total. The van der Waals surface area contributed by atoms with Crippen LogP contribution in [0, 0.1) is 0 Å². The normalized spacial score (nSPS) is 23.1. The molecule has 0 bridgehead atoms. The van der Waals surface area contributed by atoms with Gasteiger partial charge in [0.05, 0.1) is 0 Å². The quantitative estimate of drug-likeness (QED) is 0.786. The molecule has 3 heteroatoms. The van der Waals surface area contributed by atoms with Crippen LogP contribution >= 0.6 is 11.3 Å². The highest BCUT2D eigenvalue weighted by molar-refractivity contribution is 7.10. The van der Waals surface area contributed by atoms with Crippen molar-refractivity contribution >= 4 is 11.3 Å². The Hall–Kier alpha value is -0.380. The fourth-order valence-electron chi connectivity index (χ4n) is 2.88. The van der Waals surface area contributed by atoms with Crippen LogP contribution in [-0.2, 0) is 0 Å². The number of hydrogen-bond acceptors (Lipinski definition) is 3. The van der Waals surface area contributed by atoms with E-state index in [1.165, 1.54) is 43.5 Å². The molecule has 1 aromatic heterocycles. The van der Waals surface area contributed by atoms with Crippen LogP contribution in [0.1, 0.15) is 56.9 Å². The van der Waals surface area contributed by atoms with Gasteiger partial charge < -0.3 is 10.6 Å². The average molecular weight is 266 g/mol. The summed E-state index contributed by atoms with van der Waals surface area (Å²) in [6, 6.07) is 6.30. The SMILES string of the molecule is CCCC(NC(C)CC1CCCN1)c1cccs1. The lowest BCUT2D eigenvalue weighted by atomic mass is 10.0. The van der Waals surface area contributed by atoms with Gasteiger partial charge in [-0.2, -0.15) is 0 Å². The molecule has 1 aliphatic rings. The number of hydrogen-bond donors (Lipinski definition) is 2. The summed E-state index contributed by atoms with van der Waals surface area (Å²) >= 11 is 1.88. The predicted molar refractivity (Wildman–Crippen MR) is 80.2 cm³/mol. The Morgan fingerprint density at radius 1 is 1.56 bits per heavy atom. The first-order valence-electron chi connectivity index (χ1n) is 7.32. The maximum atomic E-state index is 3.82. The second kappa shape index (κ2) is 7.27. The summed E-state index contributed by atoms with van der Waals surface area (Å²) in [5, 5.41) is 9.59. The summed E-state index contributed by atoms with van der Waals surface area (Å²) < 4.78 is 0. The minimum atomic E-state index is 0.548. The van der Waals surface area contributed by atoms with Gasteiger partial charge in [0.2, 0.25) is 0 Å². The number of rotatable bonds is 7. The molecule has 18 heavy (non-hydrogen) atoms. The molecular weight excluding hydrogens is 240 g/mol. The van der Waals surface area contributed by atoms with Gasteiger partial charge in [-0.1, -0.05) is 19.4 Å². The Labute approximate surface area is 115 Å². The van der Waals surface area contributed by atoms with Crippen molar-refractivity contribution in [2.24, 2.45) is 0 Å². The molecule has 0 aromatic carbocycles. The lowest BCUT2D eigenvalue weighted by Gasteiger charge is -2.24. The van der Waals surface area contributed by atoms with Crippen LogP contribution < -0.4 is 10.6 Å². The van der Waals surface area contributed by atoms with Gasteiger partial charge >= 0.3 is 0 Å². The Morgan fingerprint density at radius 3 is 3.06 bits per heavy atom. The van der Waals surface area contributed by atoms with E-state index in [1.807, 2.05) is 11.3 Å². The Balaban J connectivity index is 1.83. The van der Waals surface area contributed by atoms with Crippen LogP contribution in [-0.4, -0.2) is 18.6 Å². The van der Waals surface area contributed by atoms with Gasteiger partial charge in [0, 0.05) is 23.0 Å². The molecule has 2 heterocycles. The lowest BCUT2D eigenvalue weighted by Crippen LogP contribution is -2.35. The zero-order valence-electron chi connectivity index (χ0n) is 11.6. The summed E-state index contributed by atoms with van der Waals surface area (Å²) in [5.41, 5.74) is 0. The van der Waals surface area contributed by atoms with E-state index in [-0.39, 0.29) is 0 Å². The van der Waals surface area contributed by atoms with Gasteiger partial charge in [-0.3, -0.25) is 0 Å². The van der Waals surface area contributed by atoms with Crippen LogP contribution in [0.15, 0.2) is 17.5 Å². The van der Waals surface area contributed by atoms with E-state index in [1.54, 1.807) is 0 Å². The average Bonchev–Trinajstić information content (AvgIpc) is 3.00. The smallest absolute Gasteiger partial charge is 0.0416 e. The summed E-state index contributed by atoms with van der Waals surface area (Å²) in [6.07, 6.45) is 6.43. The van der Waals surface area contributed by atoms with Crippen molar-refractivity contribution in [1.29, 1.82) is 0 Å². The minimum Gasteiger partial charge on any atom is -0.314 e. The third kappa shape index (κ3) is 4.08. The van der Waals surface area contributed by atoms with E-state index in [2.05, 4.69) is 42.0 Å². The van der Waals surface area contributed by atoms with Crippen LogP contribution in [0.4, 0.5) is 0 Å².